The first kappa shape index (κ1) is 11.2. The predicted octanol–water partition coefficient (Wildman–Crippen LogP) is 2.20. The molecule has 4 heteroatoms. The van der Waals surface area contributed by atoms with Gasteiger partial charge in [-0.25, -0.2) is 4.98 Å². The monoisotopic (exact) mass is 257 g/mol. The van der Waals surface area contributed by atoms with Gasteiger partial charge in [0.2, 0.25) is 0 Å². The molecule has 14 heavy (non-hydrogen) atoms. The van der Waals surface area contributed by atoms with Crippen LogP contribution in [-0.4, -0.2) is 18.1 Å². The molecular weight excluding hydrogens is 246 g/mol. The van der Waals surface area contributed by atoms with Gasteiger partial charge < -0.3 is 4.74 Å². The first-order valence-corrected chi connectivity index (χ1v) is 5.11. The van der Waals surface area contributed by atoms with E-state index in [4.69, 9.17) is 0 Å². The van der Waals surface area contributed by atoms with Gasteiger partial charge in [-0.05, 0) is 34.0 Å². The zero-order valence-corrected chi connectivity index (χ0v) is 9.74. The molecule has 1 aromatic heterocycles. The molecule has 0 bridgehead atoms. The Morgan fingerprint density at radius 2 is 2.36 bits per heavy atom. The lowest BCUT2D eigenvalue weighted by Crippen LogP contribution is -2.15. The van der Waals surface area contributed by atoms with Gasteiger partial charge in [-0.1, -0.05) is 13.0 Å². The standard InChI is InChI=1S/C10H12BrNO2/c1-7(10(13)14-2)5-8-3-4-9(11)12-6-8/h3-4,6-7H,5H2,1-2H3/t7-/m0/s1. The highest BCUT2D eigenvalue weighted by atomic mass is 79.9. The highest BCUT2D eigenvalue weighted by Crippen LogP contribution is 2.11. The van der Waals surface area contributed by atoms with Gasteiger partial charge >= 0.3 is 5.97 Å². The van der Waals surface area contributed by atoms with Gasteiger partial charge in [-0.2, -0.15) is 0 Å². The number of hydrogen-bond acceptors (Lipinski definition) is 3. The van der Waals surface area contributed by atoms with Crippen molar-refractivity contribution in [2.45, 2.75) is 13.3 Å². The van der Waals surface area contributed by atoms with Crippen molar-refractivity contribution in [1.29, 1.82) is 0 Å². The number of pyridine rings is 1. The van der Waals surface area contributed by atoms with Crippen LogP contribution < -0.4 is 0 Å². The van der Waals surface area contributed by atoms with Crippen LogP contribution in [0.15, 0.2) is 22.9 Å². The minimum absolute atomic E-state index is 0.122. The SMILES string of the molecule is COC(=O)[C@@H](C)Cc1ccc(Br)nc1. The molecule has 1 aromatic rings. The maximum Gasteiger partial charge on any atom is 0.308 e. The number of methoxy groups -OCH3 is 1. The summed E-state index contributed by atoms with van der Waals surface area (Å²) in [6, 6.07) is 3.80. The van der Waals surface area contributed by atoms with Gasteiger partial charge in [0.15, 0.2) is 0 Å². The Labute approximate surface area is 91.6 Å². The fourth-order valence-electron chi connectivity index (χ4n) is 1.17. The topological polar surface area (TPSA) is 39.2 Å². The van der Waals surface area contributed by atoms with E-state index in [0.717, 1.165) is 10.2 Å². The first-order chi connectivity index (χ1) is 6.63. The van der Waals surface area contributed by atoms with E-state index < -0.39 is 0 Å². The van der Waals surface area contributed by atoms with Crippen LogP contribution in [0.3, 0.4) is 0 Å². The molecule has 0 aliphatic heterocycles. The Kier molecular flexibility index (Phi) is 4.07. The summed E-state index contributed by atoms with van der Waals surface area (Å²) in [6.07, 6.45) is 2.41. The Hall–Kier alpha value is -0.900. The Bertz CT molecular complexity index is 310. The first-order valence-electron chi connectivity index (χ1n) is 4.31. The molecule has 0 aromatic carbocycles. The second-order valence-corrected chi connectivity index (χ2v) is 3.93. The van der Waals surface area contributed by atoms with Gasteiger partial charge in [0.1, 0.15) is 4.60 Å². The summed E-state index contributed by atoms with van der Waals surface area (Å²) in [5.74, 6) is -0.309. The van der Waals surface area contributed by atoms with Crippen LogP contribution in [0.5, 0.6) is 0 Å². The fourth-order valence-corrected chi connectivity index (χ4v) is 1.40. The van der Waals surface area contributed by atoms with E-state index in [1.165, 1.54) is 7.11 Å². The van der Waals surface area contributed by atoms with Crippen molar-refractivity contribution in [3.05, 3.63) is 28.5 Å². The minimum Gasteiger partial charge on any atom is -0.469 e. The van der Waals surface area contributed by atoms with Crippen molar-refractivity contribution in [1.82, 2.24) is 4.98 Å². The fraction of sp³-hybridized carbons (Fsp3) is 0.400. The molecule has 76 valence electrons. The van der Waals surface area contributed by atoms with Crippen LogP contribution >= 0.6 is 15.9 Å². The third-order valence-corrected chi connectivity index (χ3v) is 2.40. The van der Waals surface area contributed by atoms with E-state index in [2.05, 4.69) is 25.7 Å². The van der Waals surface area contributed by atoms with Crippen LogP contribution in [0.1, 0.15) is 12.5 Å². The smallest absolute Gasteiger partial charge is 0.308 e. The summed E-state index contributed by atoms with van der Waals surface area (Å²) >= 11 is 3.25. The molecule has 0 saturated carbocycles. The van der Waals surface area contributed by atoms with Crippen molar-refractivity contribution in [3.63, 3.8) is 0 Å². The van der Waals surface area contributed by atoms with Crippen molar-refractivity contribution < 1.29 is 9.53 Å². The number of rotatable bonds is 3. The van der Waals surface area contributed by atoms with Gasteiger partial charge in [-0.3, -0.25) is 4.79 Å². The lowest BCUT2D eigenvalue weighted by Gasteiger charge is -2.08. The Balaban J connectivity index is 2.60. The van der Waals surface area contributed by atoms with E-state index in [1.54, 1.807) is 6.20 Å². The average Bonchev–Trinajstić information content (AvgIpc) is 2.20. The van der Waals surface area contributed by atoms with Crippen LogP contribution in [0.2, 0.25) is 0 Å². The zero-order chi connectivity index (χ0) is 10.6. The van der Waals surface area contributed by atoms with E-state index >= 15 is 0 Å². The number of ether oxygens (including phenoxy) is 1. The lowest BCUT2D eigenvalue weighted by molar-refractivity contribution is -0.144. The van der Waals surface area contributed by atoms with E-state index in [-0.39, 0.29) is 11.9 Å². The van der Waals surface area contributed by atoms with E-state index in [9.17, 15) is 4.79 Å². The second kappa shape index (κ2) is 5.10. The van der Waals surface area contributed by atoms with Gasteiger partial charge in [0.25, 0.3) is 0 Å². The molecule has 0 saturated heterocycles. The molecular formula is C10H12BrNO2. The summed E-state index contributed by atoms with van der Waals surface area (Å²) in [7, 11) is 1.40. The van der Waals surface area contributed by atoms with E-state index in [0.29, 0.717) is 6.42 Å². The number of hydrogen-bond donors (Lipinski definition) is 0. The van der Waals surface area contributed by atoms with Gasteiger partial charge in [0, 0.05) is 6.20 Å². The third-order valence-electron chi connectivity index (χ3n) is 1.93. The maximum atomic E-state index is 11.1. The largest absolute Gasteiger partial charge is 0.469 e. The summed E-state index contributed by atoms with van der Waals surface area (Å²) in [6.45, 7) is 1.84. The number of halogens is 1. The molecule has 0 fully saturated rings. The lowest BCUT2D eigenvalue weighted by atomic mass is 10.0. The molecule has 0 aliphatic rings. The molecule has 0 radical (unpaired) electrons. The maximum absolute atomic E-state index is 11.1. The van der Waals surface area contributed by atoms with Crippen LogP contribution in [0.4, 0.5) is 0 Å². The van der Waals surface area contributed by atoms with Gasteiger partial charge in [0.05, 0.1) is 13.0 Å². The number of esters is 1. The van der Waals surface area contributed by atoms with Crippen molar-refractivity contribution >= 4 is 21.9 Å². The molecule has 0 unspecified atom stereocenters. The zero-order valence-electron chi connectivity index (χ0n) is 8.16. The molecule has 1 heterocycles. The molecule has 0 aliphatic carbocycles. The number of nitrogens with zero attached hydrogens (tertiary/aromatic N) is 1. The highest BCUT2D eigenvalue weighted by Gasteiger charge is 2.13. The van der Waals surface area contributed by atoms with Crippen molar-refractivity contribution in [2.24, 2.45) is 5.92 Å². The molecule has 1 rings (SSSR count). The predicted molar refractivity (Wildman–Crippen MR) is 56.8 cm³/mol. The molecule has 0 N–H and O–H groups in total. The summed E-state index contributed by atoms with van der Waals surface area (Å²) < 4.78 is 5.44. The summed E-state index contributed by atoms with van der Waals surface area (Å²) in [4.78, 5) is 15.2. The molecule has 0 spiro atoms. The highest BCUT2D eigenvalue weighted by molar-refractivity contribution is 9.10. The molecule has 1 atom stereocenters. The quantitative estimate of drug-likeness (QED) is 0.616. The second-order valence-electron chi connectivity index (χ2n) is 3.12. The number of carbonyl (C=O) groups excluding carboxylic acids is 1. The van der Waals surface area contributed by atoms with Crippen molar-refractivity contribution in [3.8, 4) is 0 Å². The Morgan fingerprint density at radius 3 is 2.86 bits per heavy atom. The third kappa shape index (κ3) is 3.10. The molecule has 0 amide bonds. The van der Waals surface area contributed by atoms with Crippen LogP contribution in [0, 0.1) is 5.92 Å². The number of aromatic nitrogens is 1. The molecule has 3 nitrogen and oxygen atoms in total. The van der Waals surface area contributed by atoms with Crippen LogP contribution in [-0.2, 0) is 16.0 Å². The Morgan fingerprint density at radius 1 is 1.64 bits per heavy atom. The van der Waals surface area contributed by atoms with E-state index in [1.807, 2.05) is 19.1 Å². The van der Waals surface area contributed by atoms with Crippen LogP contribution in [0.25, 0.3) is 0 Å². The summed E-state index contributed by atoms with van der Waals surface area (Å²) in [5, 5.41) is 0. The summed E-state index contributed by atoms with van der Waals surface area (Å²) in [5.41, 5.74) is 1.03. The minimum atomic E-state index is -0.187. The average molecular weight is 258 g/mol. The van der Waals surface area contributed by atoms with Gasteiger partial charge in [-0.15, -0.1) is 0 Å². The number of carbonyl (C=O) groups is 1. The van der Waals surface area contributed by atoms with Crippen molar-refractivity contribution in [2.75, 3.05) is 7.11 Å². The normalized spacial score (nSPS) is 12.2.